The number of allylic oxidation sites excluding steroid dienone is 1. The molecule has 2 unspecified atom stereocenters. The third-order valence-electron chi connectivity index (χ3n) is 5.22. The molecule has 8 nitrogen and oxygen atoms in total. The van der Waals surface area contributed by atoms with Crippen LogP contribution in [0.2, 0.25) is 0 Å². The first-order chi connectivity index (χ1) is 15.3. The smallest absolute Gasteiger partial charge is 0.326 e. The molecule has 0 saturated heterocycles. The highest BCUT2D eigenvalue weighted by atomic mass is 16.5. The molecule has 0 bridgehead atoms. The SMILES string of the molecule is CCC(C)C(NC(=O)COc1ccc2c(c1)OC(=Cc1ccc(OC)cc1)C2=O)C(=O)O. The zero-order valence-electron chi connectivity index (χ0n) is 18.1. The number of carbonyl (C=O) groups excluding carboxylic acids is 2. The van der Waals surface area contributed by atoms with E-state index in [0.29, 0.717) is 29.2 Å². The van der Waals surface area contributed by atoms with Crippen LogP contribution >= 0.6 is 0 Å². The summed E-state index contributed by atoms with van der Waals surface area (Å²) >= 11 is 0. The van der Waals surface area contributed by atoms with Crippen molar-refractivity contribution < 1.29 is 33.7 Å². The van der Waals surface area contributed by atoms with Crippen LogP contribution in [-0.2, 0) is 9.59 Å². The summed E-state index contributed by atoms with van der Waals surface area (Å²) in [5.41, 5.74) is 1.17. The average molecular weight is 439 g/mol. The lowest BCUT2D eigenvalue weighted by atomic mass is 9.99. The summed E-state index contributed by atoms with van der Waals surface area (Å²) in [5.74, 6) is -0.562. The van der Waals surface area contributed by atoms with Gasteiger partial charge in [0.25, 0.3) is 5.91 Å². The zero-order chi connectivity index (χ0) is 23.3. The molecule has 8 heteroatoms. The number of carbonyl (C=O) groups is 3. The maximum Gasteiger partial charge on any atom is 0.326 e. The van der Waals surface area contributed by atoms with Crippen molar-refractivity contribution >= 4 is 23.7 Å². The van der Waals surface area contributed by atoms with Gasteiger partial charge >= 0.3 is 5.97 Å². The number of ether oxygens (including phenoxy) is 3. The minimum Gasteiger partial charge on any atom is -0.497 e. The number of nitrogens with one attached hydrogen (secondary N) is 1. The van der Waals surface area contributed by atoms with Crippen molar-refractivity contribution in [3.05, 3.63) is 59.4 Å². The number of ketones is 1. The summed E-state index contributed by atoms with van der Waals surface area (Å²) in [6.07, 6.45) is 2.25. The molecular weight excluding hydrogens is 414 g/mol. The molecule has 0 saturated carbocycles. The van der Waals surface area contributed by atoms with Crippen LogP contribution in [0.25, 0.3) is 6.08 Å². The Hall–Kier alpha value is -3.81. The second kappa shape index (κ2) is 10.00. The minimum absolute atomic E-state index is 0.179. The Morgan fingerprint density at radius 2 is 1.84 bits per heavy atom. The lowest BCUT2D eigenvalue weighted by Gasteiger charge is -2.20. The van der Waals surface area contributed by atoms with E-state index in [1.807, 2.05) is 19.1 Å². The molecule has 0 aromatic heterocycles. The van der Waals surface area contributed by atoms with Crippen molar-refractivity contribution in [1.82, 2.24) is 5.32 Å². The van der Waals surface area contributed by atoms with Gasteiger partial charge in [-0.25, -0.2) is 4.79 Å². The first-order valence-corrected chi connectivity index (χ1v) is 10.2. The number of hydrogen-bond acceptors (Lipinski definition) is 6. The van der Waals surface area contributed by atoms with E-state index in [4.69, 9.17) is 14.2 Å². The quantitative estimate of drug-likeness (QED) is 0.577. The topological polar surface area (TPSA) is 111 Å². The van der Waals surface area contributed by atoms with Gasteiger partial charge in [0.15, 0.2) is 12.4 Å². The number of methoxy groups -OCH3 is 1. The number of hydrogen-bond donors (Lipinski definition) is 2. The fourth-order valence-electron chi connectivity index (χ4n) is 3.16. The number of benzene rings is 2. The Kier molecular flexibility index (Phi) is 7.14. The molecule has 1 aliphatic rings. The van der Waals surface area contributed by atoms with E-state index in [1.54, 1.807) is 44.4 Å². The van der Waals surface area contributed by atoms with E-state index in [9.17, 15) is 19.5 Å². The summed E-state index contributed by atoms with van der Waals surface area (Å²) in [6, 6.07) is 10.9. The lowest BCUT2D eigenvalue weighted by Crippen LogP contribution is -2.46. The Labute approximate surface area is 185 Å². The van der Waals surface area contributed by atoms with Crippen LogP contribution in [0.5, 0.6) is 17.2 Å². The van der Waals surface area contributed by atoms with E-state index >= 15 is 0 Å². The molecule has 1 aliphatic heterocycles. The molecule has 1 amide bonds. The highest BCUT2D eigenvalue weighted by Crippen LogP contribution is 2.35. The predicted octanol–water partition coefficient (Wildman–Crippen LogP) is 3.31. The fourth-order valence-corrected chi connectivity index (χ4v) is 3.16. The zero-order valence-corrected chi connectivity index (χ0v) is 18.1. The average Bonchev–Trinajstić information content (AvgIpc) is 3.10. The van der Waals surface area contributed by atoms with Crippen molar-refractivity contribution in [2.24, 2.45) is 5.92 Å². The second-order valence-corrected chi connectivity index (χ2v) is 7.43. The van der Waals surface area contributed by atoms with Crippen LogP contribution in [0.15, 0.2) is 48.2 Å². The van der Waals surface area contributed by atoms with Crippen molar-refractivity contribution in [2.75, 3.05) is 13.7 Å². The van der Waals surface area contributed by atoms with Crippen LogP contribution in [0.4, 0.5) is 0 Å². The van der Waals surface area contributed by atoms with Gasteiger partial charge in [-0.15, -0.1) is 0 Å². The van der Waals surface area contributed by atoms with Gasteiger partial charge in [-0.1, -0.05) is 32.4 Å². The summed E-state index contributed by atoms with van der Waals surface area (Å²) in [5, 5.41) is 11.8. The molecule has 1 heterocycles. The molecule has 0 aliphatic carbocycles. The van der Waals surface area contributed by atoms with Gasteiger partial charge in [-0.3, -0.25) is 9.59 Å². The van der Waals surface area contributed by atoms with Gasteiger partial charge < -0.3 is 24.6 Å². The second-order valence-electron chi connectivity index (χ2n) is 7.43. The summed E-state index contributed by atoms with van der Waals surface area (Å²) in [6.45, 7) is 3.25. The van der Waals surface area contributed by atoms with Crippen LogP contribution in [0.3, 0.4) is 0 Å². The van der Waals surface area contributed by atoms with Crippen molar-refractivity contribution in [3.8, 4) is 17.2 Å². The standard InChI is InChI=1S/C24H25NO7/c1-4-14(2)22(24(28)29)25-21(26)13-31-17-9-10-18-19(12-17)32-20(23(18)27)11-15-5-7-16(30-3)8-6-15/h5-12,14,22H,4,13H2,1-3H3,(H,25,26)(H,28,29). The molecule has 168 valence electrons. The van der Waals surface area contributed by atoms with E-state index in [2.05, 4.69) is 5.32 Å². The monoisotopic (exact) mass is 439 g/mol. The summed E-state index contributed by atoms with van der Waals surface area (Å²) < 4.78 is 16.3. The third-order valence-corrected chi connectivity index (χ3v) is 5.22. The van der Waals surface area contributed by atoms with E-state index < -0.39 is 17.9 Å². The lowest BCUT2D eigenvalue weighted by molar-refractivity contribution is -0.143. The fraction of sp³-hybridized carbons (Fsp3) is 0.292. The van der Waals surface area contributed by atoms with Crippen molar-refractivity contribution in [1.29, 1.82) is 0 Å². The molecule has 0 radical (unpaired) electrons. The minimum atomic E-state index is -1.09. The number of fused-ring (bicyclic) bond motifs is 1. The highest BCUT2D eigenvalue weighted by Gasteiger charge is 2.28. The van der Waals surface area contributed by atoms with Gasteiger partial charge in [-0.05, 0) is 41.8 Å². The van der Waals surface area contributed by atoms with E-state index in [1.165, 1.54) is 6.07 Å². The van der Waals surface area contributed by atoms with Crippen LogP contribution < -0.4 is 19.5 Å². The number of carboxylic acid groups (broad SMARTS) is 1. The largest absolute Gasteiger partial charge is 0.497 e. The number of aliphatic carboxylic acids is 1. The van der Waals surface area contributed by atoms with Gasteiger partial charge in [0.2, 0.25) is 5.78 Å². The van der Waals surface area contributed by atoms with Gasteiger partial charge in [0.1, 0.15) is 23.3 Å². The Bertz CT molecular complexity index is 1040. The molecule has 2 N–H and O–H groups in total. The van der Waals surface area contributed by atoms with Crippen molar-refractivity contribution in [3.63, 3.8) is 0 Å². The first kappa shape index (κ1) is 22.9. The maximum atomic E-state index is 12.6. The molecule has 32 heavy (non-hydrogen) atoms. The van der Waals surface area contributed by atoms with Gasteiger partial charge in [-0.2, -0.15) is 0 Å². The maximum absolute atomic E-state index is 12.6. The molecule has 3 rings (SSSR count). The van der Waals surface area contributed by atoms with Gasteiger partial charge in [0.05, 0.1) is 12.7 Å². The van der Waals surface area contributed by atoms with E-state index in [-0.39, 0.29) is 24.1 Å². The number of amides is 1. The molecular formula is C24H25NO7. The highest BCUT2D eigenvalue weighted by molar-refractivity contribution is 6.14. The van der Waals surface area contributed by atoms with E-state index in [0.717, 1.165) is 5.56 Å². The molecule has 0 fully saturated rings. The van der Waals surface area contributed by atoms with Crippen LogP contribution in [0.1, 0.15) is 36.2 Å². The van der Waals surface area contributed by atoms with Gasteiger partial charge in [0, 0.05) is 6.07 Å². The number of rotatable bonds is 9. The molecule has 2 atom stereocenters. The molecule has 2 aromatic carbocycles. The third kappa shape index (κ3) is 5.26. The van der Waals surface area contributed by atoms with Crippen LogP contribution in [0, 0.1) is 5.92 Å². The summed E-state index contributed by atoms with van der Waals surface area (Å²) in [7, 11) is 1.58. The Morgan fingerprint density at radius 3 is 2.47 bits per heavy atom. The number of Topliss-reactive ketones (excluding diaryl/α,β-unsaturated/α-hetero) is 1. The molecule has 2 aromatic rings. The summed E-state index contributed by atoms with van der Waals surface area (Å²) in [4.78, 5) is 36.1. The Morgan fingerprint density at radius 1 is 1.16 bits per heavy atom. The predicted molar refractivity (Wildman–Crippen MR) is 117 cm³/mol. The number of carboxylic acids is 1. The van der Waals surface area contributed by atoms with Crippen LogP contribution in [-0.4, -0.2) is 42.5 Å². The first-order valence-electron chi connectivity index (χ1n) is 10.2. The Balaban J connectivity index is 1.64. The molecule has 0 spiro atoms. The normalized spacial score (nSPS) is 15.5. The van der Waals surface area contributed by atoms with Crippen molar-refractivity contribution in [2.45, 2.75) is 26.3 Å².